The number of carbonyl (C=O) groups is 1. The van der Waals surface area contributed by atoms with Gasteiger partial charge in [-0.15, -0.1) is 0 Å². The van der Waals surface area contributed by atoms with Crippen LogP contribution in [0.1, 0.15) is 27.6 Å². The van der Waals surface area contributed by atoms with Gasteiger partial charge in [-0.3, -0.25) is 0 Å². The largest absolute Gasteiger partial charge is 0.478 e. The maximum Gasteiger partial charge on any atom is 0.337 e. The van der Waals surface area contributed by atoms with E-state index in [1.165, 1.54) is 24.3 Å². The van der Waals surface area contributed by atoms with E-state index in [1.807, 2.05) is 0 Å². The third kappa shape index (κ3) is 5.66. The molecular weight excluding hydrogens is 452 g/mol. The molecule has 3 aromatic carbocycles. The number of carboxylic acid groups (broad SMARTS) is 1. The van der Waals surface area contributed by atoms with Crippen LogP contribution < -0.4 is 11.1 Å². The number of benzene rings is 3. The van der Waals surface area contributed by atoms with Gasteiger partial charge in [0.15, 0.2) is 0 Å². The van der Waals surface area contributed by atoms with Gasteiger partial charge in [0.2, 0.25) is 9.84 Å². The number of halogens is 1. The van der Waals surface area contributed by atoms with Gasteiger partial charge >= 0.3 is 5.97 Å². The van der Waals surface area contributed by atoms with Crippen LogP contribution in [0.5, 0.6) is 0 Å². The third-order valence-corrected chi connectivity index (χ3v) is 6.96. The summed E-state index contributed by atoms with van der Waals surface area (Å²) in [4.78, 5) is 11.2. The fourth-order valence-electron chi connectivity index (χ4n) is 3.16. The molecule has 0 saturated heterocycles. The van der Waals surface area contributed by atoms with Gasteiger partial charge in [0.1, 0.15) is 0 Å². The lowest BCUT2D eigenvalue weighted by Crippen LogP contribution is -2.23. The molecule has 0 fully saturated rings. The Morgan fingerprint density at radius 3 is 2.38 bits per heavy atom. The standard InChI is InChI=1S/C23H23ClN2O5S/c24-17-3-1-2-16(12-17)22(27)14-26-11-10-15-4-6-18(7-5-15)32(30,31)19-8-9-21(25)20(13-19)23(28)29/h1-9,12-13,22,26-27H,10-11,14,25H2,(H,28,29)/t22-/m0/s1. The Morgan fingerprint density at radius 1 is 1.03 bits per heavy atom. The van der Waals surface area contributed by atoms with E-state index in [0.29, 0.717) is 24.5 Å². The first-order chi connectivity index (χ1) is 15.2. The third-order valence-electron chi connectivity index (χ3n) is 4.96. The predicted molar refractivity (Wildman–Crippen MR) is 123 cm³/mol. The summed E-state index contributed by atoms with van der Waals surface area (Å²) in [5.74, 6) is -1.29. The molecule has 0 aliphatic rings. The van der Waals surface area contributed by atoms with Crippen LogP contribution in [-0.2, 0) is 16.3 Å². The number of nitrogens with two attached hydrogens (primary N) is 1. The van der Waals surface area contributed by atoms with Crippen LogP contribution in [0.25, 0.3) is 0 Å². The van der Waals surface area contributed by atoms with E-state index in [9.17, 15) is 23.4 Å². The fraction of sp³-hybridized carbons (Fsp3) is 0.174. The Kier molecular flexibility index (Phi) is 7.52. The molecule has 168 valence electrons. The quantitative estimate of drug-likeness (QED) is 0.276. The Labute approximate surface area is 191 Å². The first-order valence-electron chi connectivity index (χ1n) is 9.79. The minimum absolute atomic E-state index is 0.000205. The van der Waals surface area contributed by atoms with Gasteiger partial charge in [-0.05, 0) is 66.6 Å². The molecule has 0 radical (unpaired) electrons. The first kappa shape index (κ1) is 23.7. The van der Waals surface area contributed by atoms with E-state index in [1.54, 1.807) is 36.4 Å². The smallest absolute Gasteiger partial charge is 0.337 e. The molecule has 0 amide bonds. The van der Waals surface area contributed by atoms with Crippen LogP contribution in [0.15, 0.2) is 76.5 Å². The highest BCUT2D eigenvalue weighted by Crippen LogP contribution is 2.25. The van der Waals surface area contributed by atoms with Crippen LogP contribution in [-0.4, -0.2) is 37.7 Å². The number of carboxylic acids is 1. The minimum Gasteiger partial charge on any atom is -0.478 e. The second-order valence-electron chi connectivity index (χ2n) is 7.23. The zero-order valence-corrected chi connectivity index (χ0v) is 18.6. The van der Waals surface area contributed by atoms with Crippen LogP contribution in [0.3, 0.4) is 0 Å². The number of nitrogens with one attached hydrogen (secondary N) is 1. The molecule has 0 aliphatic heterocycles. The van der Waals surface area contributed by atoms with E-state index in [-0.39, 0.29) is 21.0 Å². The van der Waals surface area contributed by atoms with Crippen LogP contribution in [0, 0.1) is 0 Å². The fourth-order valence-corrected chi connectivity index (χ4v) is 4.65. The zero-order chi connectivity index (χ0) is 23.3. The van der Waals surface area contributed by atoms with Gasteiger partial charge in [-0.25, -0.2) is 13.2 Å². The maximum atomic E-state index is 12.8. The number of sulfone groups is 1. The number of aliphatic hydroxyl groups excluding tert-OH is 1. The molecule has 0 spiro atoms. The van der Waals surface area contributed by atoms with Crippen molar-refractivity contribution in [3.8, 4) is 0 Å². The summed E-state index contributed by atoms with van der Waals surface area (Å²) >= 11 is 5.94. The highest BCUT2D eigenvalue weighted by Gasteiger charge is 2.20. The Bertz CT molecular complexity index is 1210. The van der Waals surface area contributed by atoms with Crippen molar-refractivity contribution in [3.05, 3.63) is 88.4 Å². The molecule has 32 heavy (non-hydrogen) atoms. The molecule has 0 unspecified atom stereocenters. The van der Waals surface area contributed by atoms with Crippen molar-refractivity contribution in [2.75, 3.05) is 18.8 Å². The van der Waals surface area contributed by atoms with Crippen molar-refractivity contribution in [2.24, 2.45) is 0 Å². The summed E-state index contributed by atoms with van der Waals surface area (Å²) in [6.45, 7) is 0.944. The normalized spacial score (nSPS) is 12.4. The number of aromatic carboxylic acids is 1. The van der Waals surface area contributed by atoms with Gasteiger partial charge in [0.05, 0.1) is 21.5 Å². The summed E-state index contributed by atoms with van der Waals surface area (Å²) < 4.78 is 25.7. The van der Waals surface area contributed by atoms with Crippen molar-refractivity contribution < 1.29 is 23.4 Å². The van der Waals surface area contributed by atoms with Crippen molar-refractivity contribution in [2.45, 2.75) is 22.3 Å². The lowest BCUT2D eigenvalue weighted by Gasteiger charge is -2.13. The van der Waals surface area contributed by atoms with E-state index in [2.05, 4.69) is 5.32 Å². The van der Waals surface area contributed by atoms with Crippen LogP contribution in [0.4, 0.5) is 5.69 Å². The molecule has 9 heteroatoms. The summed E-state index contributed by atoms with van der Waals surface area (Å²) in [6.07, 6.45) is -0.0509. The van der Waals surface area contributed by atoms with E-state index in [4.69, 9.17) is 17.3 Å². The second kappa shape index (κ2) is 10.1. The SMILES string of the molecule is Nc1ccc(S(=O)(=O)c2ccc(CCNC[C@H](O)c3cccc(Cl)c3)cc2)cc1C(=O)O. The number of hydrogen-bond acceptors (Lipinski definition) is 6. The molecule has 0 heterocycles. The highest BCUT2D eigenvalue weighted by molar-refractivity contribution is 7.91. The van der Waals surface area contributed by atoms with Crippen molar-refractivity contribution in [1.29, 1.82) is 0 Å². The van der Waals surface area contributed by atoms with E-state index >= 15 is 0 Å². The lowest BCUT2D eigenvalue weighted by atomic mass is 10.1. The predicted octanol–water partition coefficient (Wildman–Crippen LogP) is 3.32. The molecule has 0 aromatic heterocycles. The molecular formula is C23H23ClN2O5S. The number of anilines is 1. The summed E-state index contributed by atoms with van der Waals surface area (Å²) in [5, 5.41) is 23.1. The maximum absolute atomic E-state index is 12.8. The lowest BCUT2D eigenvalue weighted by molar-refractivity contribution is 0.0697. The Hall–Kier alpha value is -2.91. The molecule has 0 aliphatic carbocycles. The molecule has 3 rings (SSSR count). The highest BCUT2D eigenvalue weighted by atomic mass is 35.5. The second-order valence-corrected chi connectivity index (χ2v) is 9.61. The minimum atomic E-state index is -3.88. The van der Waals surface area contributed by atoms with Crippen molar-refractivity contribution in [1.82, 2.24) is 5.32 Å². The van der Waals surface area contributed by atoms with Gasteiger partial charge in [-0.2, -0.15) is 0 Å². The Balaban J connectivity index is 1.60. The van der Waals surface area contributed by atoms with Crippen molar-refractivity contribution >= 4 is 33.1 Å². The number of nitrogen functional groups attached to an aromatic ring is 1. The number of aliphatic hydroxyl groups is 1. The van der Waals surface area contributed by atoms with Crippen LogP contribution >= 0.6 is 11.6 Å². The van der Waals surface area contributed by atoms with E-state index < -0.39 is 21.9 Å². The van der Waals surface area contributed by atoms with Gasteiger partial charge in [0.25, 0.3) is 0 Å². The van der Waals surface area contributed by atoms with Gasteiger partial charge in [-0.1, -0.05) is 35.9 Å². The van der Waals surface area contributed by atoms with Gasteiger partial charge < -0.3 is 21.3 Å². The average Bonchev–Trinajstić information content (AvgIpc) is 2.77. The summed E-state index contributed by atoms with van der Waals surface area (Å²) in [7, 11) is -3.88. The molecule has 0 saturated carbocycles. The molecule has 7 nitrogen and oxygen atoms in total. The first-order valence-corrected chi connectivity index (χ1v) is 11.7. The topological polar surface area (TPSA) is 130 Å². The van der Waals surface area contributed by atoms with Gasteiger partial charge in [0, 0.05) is 17.3 Å². The molecule has 5 N–H and O–H groups in total. The number of hydrogen-bond donors (Lipinski definition) is 4. The zero-order valence-electron chi connectivity index (χ0n) is 17.0. The Morgan fingerprint density at radius 2 is 1.72 bits per heavy atom. The van der Waals surface area contributed by atoms with Crippen LogP contribution in [0.2, 0.25) is 5.02 Å². The molecule has 0 bridgehead atoms. The average molecular weight is 475 g/mol. The molecule has 3 aromatic rings. The van der Waals surface area contributed by atoms with Crippen molar-refractivity contribution in [3.63, 3.8) is 0 Å². The summed E-state index contributed by atoms with van der Waals surface area (Å²) in [6, 6.07) is 17.1. The monoisotopic (exact) mass is 474 g/mol. The molecule has 1 atom stereocenters. The summed E-state index contributed by atoms with van der Waals surface area (Å²) in [5.41, 5.74) is 6.99. The number of rotatable bonds is 9. The van der Waals surface area contributed by atoms with E-state index in [0.717, 1.165) is 17.2 Å².